The fraction of sp³-hybridized carbons (Fsp3) is 0.190. The van der Waals surface area contributed by atoms with E-state index in [9.17, 15) is 4.79 Å². The molecule has 0 atom stereocenters. The van der Waals surface area contributed by atoms with Gasteiger partial charge in [0.1, 0.15) is 5.82 Å². The number of amides is 1. The van der Waals surface area contributed by atoms with E-state index in [1.165, 1.54) is 5.56 Å². The van der Waals surface area contributed by atoms with E-state index in [4.69, 9.17) is 0 Å². The van der Waals surface area contributed by atoms with Gasteiger partial charge in [-0.2, -0.15) is 0 Å². The van der Waals surface area contributed by atoms with Gasteiger partial charge in [0.25, 0.3) is 5.91 Å². The molecule has 26 heavy (non-hydrogen) atoms. The van der Waals surface area contributed by atoms with Gasteiger partial charge in [0.2, 0.25) is 0 Å². The van der Waals surface area contributed by atoms with Crippen LogP contribution in [0.25, 0.3) is 0 Å². The number of carbonyl (C=O) groups is 1. The van der Waals surface area contributed by atoms with Crippen LogP contribution < -0.4 is 10.6 Å². The Morgan fingerprint density at radius 3 is 2.42 bits per heavy atom. The zero-order valence-electron chi connectivity index (χ0n) is 14.8. The number of nitrogens with one attached hydrogen (secondary N) is 2. The molecular formula is C21H22N4O. The van der Waals surface area contributed by atoms with Gasteiger partial charge in [-0.05, 0) is 49.6 Å². The molecule has 1 amide bonds. The van der Waals surface area contributed by atoms with Crippen LogP contribution in [0.15, 0.2) is 66.7 Å². The van der Waals surface area contributed by atoms with Crippen LogP contribution in [0, 0.1) is 6.92 Å². The third kappa shape index (κ3) is 5.14. The van der Waals surface area contributed by atoms with Crippen molar-refractivity contribution in [2.45, 2.75) is 19.8 Å². The number of benzene rings is 2. The highest BCUT2D eigenvalue weighted by molar-refractivity contribution is 6.03. The highest BCUT2D eigenvalue weighted by Crippen LogP contribution is 2.10. The molecule has 0 unspecified atom stereocenters. The van der Waals surface area contributed by atoms with Crippen molar-refractivity contribution in [3.63, 3.8) is 0 Å². The number of aryl methyl sites for hydroxylation is 2. The zero-order valence-corrected chi connectivity index (χ0v) is 14.8. The summed E-state index contributed by atoms with van der Waals surface area (Å²) < 4.78 is 0. The molecule has 0 saturated heterocycles. The molecule has 1 heterocycles. The maximum absolute atomic E-state index is 12.2. The van der Waals surface area contributed by atoms with E-state index < -0.39 is 0 Å². The molecule has 0 saturated carbocycles. The molecule has 2 aromatic carbocycles. The van der Waals surface area contributed by atoms with E-state index in [2.05, 4.69) is 45.1 Å². The molecule has 5 nitrogen and oxygen atoms in total. The standard InChI is InChI=1S/C21H22N4O/c1-16-7-5-11-18(15-16)21(26)23-20-13-12-19(24-25-20)22-14-6-10-17-8-3-2-4-9-17/h2-5,7-9,11-13,15H,6,10,14H2,1H3,(H,22,24)(H,23,25,26). The van der Waals surface area contributed by atoms with Crippen LogP contribution in [0.4, 0.5) is 11.6 Å². The molecule has 3 aromatic rings. The van der Waals surface area contributed by atoms with Gasteiger partial charge in [-0.15, -0.1) is 10.2 Å². The fourth-order valence-corrected chi connectivity index (χ4v) is 2.62. The normalized spacial score (nSPS) is 10.3. The van der Waals surface area contributed by atoms with E-state index >= 15 is 0 Å². The molecule has 5 heteroatoms. The molecular weight excluding hydrogens is 324 g/mol. The number of nitrogens with zero attached hydrogens (tertiary/aromatic N) is 2. The number of anilines is 2. The minimum Gasteiger partial charge on any atom is -0.369 e. The average Bonchev–Trinajstić information content (AvgIpc) is 2.67. The highest BCUT2D eigenvalue weighted by atomic mass is 16.1. The van der Waals surface area contributed by atoms with Crippen molar-refractivity contribution in [1.82, 2.24) is 10.2 Å². The molecule has 0 spiro atoms. The maximum atomic E-state index is 12.2. The van der Waals surface area contributed by atoms with Crippen molar-refractivity contribution >= 4 is 17.5 Å². The maximum Gasteiger partial charge on any atom is 0.256 e. The topological polar surface area (TPSA) is 66.9 Å². The van der Waals surface area contributed by atoms with Crippen LogP contribution >= 0.6 is 0 Å². The van der Waals surface area contributed by atoms with E-state index in [-0.39, 0.29) is 5.91 Å². The average molecular weight is 346 g/mol. The molecule has 0 radical (unpaired) electrons. The molecule has 0 aliphatic carbocycles. The van der Waals surface area contributed by atoms with Crippen LogP contribution in [-0.2, 0) is 6.42 Å². The second kappa shape index (κ2) is 8.76. The Balaban J connectivity index is 1.46. The molecule has 3 rings (SSSR count). The van der Waals surface area contributed by atoms with Crippen molar-refractivity contribution in [3.05, 3.63) is 83.4 Å². The predicted octanol–water partition coefficient (Wildman–Crippen LogP) is 4.08. The first kappa shape index (κ1) is 17.6. The lowest BCUT2D eigenvalue weighted by atomic mass is 10.1. The Morgan fingerprint density at radius 2 is 1.69 bits per heavy atom. The van der Waals surface area contributed by atoms with Gasteiger partial charge >= 0.3 is 0 Å². The van der Waals surface area contributed by atoms with Crippen LogP contribution in [0.1, 0.15) is 27.9 Å². The van der Waals surface area contributed by atoms with Crippen molar-refractivity contribution in [2.24, 2.45) is 0 Å². The molecule has 2 N–H and O–H groups in total. The molecule has 0 aliphatic rings. The van der Waals surface area contributed by atoms with Gasteiger partial charge in [0, 0.05) is 12.1 Å². The molecule has 0 aliphatic heterocycles. The lowest BCUT2D eigenvalue weighted by molar-refractivity contribution is 0.102. The zero-order chi connectivity index (χ0) is 18.2. The van der Waals surface area contributed by atoms with Gasteiger partial charge < -0.3 is 10.6 Å². The van der Waals surface area contributed by atoms with Gasteiger partial charge in [0.05, 0.1) is 0 Å². The van der Waals surface area contributed by atoms with Crippen molar-refractivity contribution in [2.75, 3.05) is 17.2 Å². The van der Waals surface area contributed by atoms with Gasteiger partial charge in [-0.1, -0.05) is 48.0 Å². The molecule has 1 aromatic heterocycles. The summed E-state index contributed by atoms with van der Waals surface area (Å²) in [5.41, 5.74) is 2.98. The first-order valence-electron chi connectivity index (χ1n) is 8.70. The van der Waals surface area contributed by atoms with Crippen molar-refractivity contribution < 1.29 is 4.79 Å². The summed E-state index contributed by atoms with van der Waals surface area (Å²) in [6.45, 7) is 2.77. The first-order chi connectivity index (χ1) is 12.7. The van der Waals surface area contributed by atoms with E-state index in [0.717, 1.165) is 24.9 Å². The third-order valence-electron chi connectivity index (χ3n) is 3.98. The Hall–Kier alpha value is -3.21. The largest absolute Gasteiger partial charge is 0.369 e. The predicted molar refractivity (Wildman–Crippen MR) is 104 cm³/mol. The van der Waals surface area contributed by atoms with Gasteiger partial charge in [-0.25, -0.2) is 0 Å². The van der Waals surface area contributed by atoms with Crippen LogP contribution in [0.2, 0.25) is 0 Å². The summed E-state index contributed by atoms with van der Waals surface area (Å²) in [6.07, 6.45) is 2.03. The first-order valence-corrected chi connectivity index (χ1v) is 8.70. The molecule has 0 bridgehead atoms. The second-order valence-electron chi connectivity index (χ2n) is 6.14. The summed E-state index contributed by atoms with van der Waals surface area (Å²) in [7, 11) is 0. The Bertz CT molecular complexity index is 847. The van der Waals surface area contributed by atoms with E-state index in [0.29, 0.717) is 17.2 Å². The smallest absolute Gasteiger partial charge is 0.256 e. The molecule has 132 valence electrons. The van der Waals surface area contributed by atoms with Crippen LogP contribution in [-0.4, -0.2) is 22.6 Å². The minimum atomic E-state index is -0.188. The number of hydrogen-bond donors (Lipinski definition) is 2. The molecule has 0 fully saturated rings. The summed E-state index contributed by atoms with van der Waals surface area (Å²) in [6, 6.07) is 21.4. The van der Waals surface area contributed by atoms with E-state index in [1.54, 1.807) is 12.1 Å². The Labute approximate surface area is 153 Å². The van der Waals surface area contributed by atoms with Crippen molar-refractivity contribution in [3.8, 4) is 0 Å². The monoisotopic (exact) mass is 346 g/mol. The number of aromatic nitrogens is 2. The van der Waals surface area contributed by atoms with Crippen LogP contribution in [0.5, 0.6) is 0 Å². The second-order valence-corrected chi connectivity index (χ2v) is 6.14. The number of rotatable bonds is 7. The van der Waals surface area contributed by atoms with Gasteiger partial charge in [-0.3, -0.25) is 4.79 Å². The minimum absolute atomic E-state index is 0.188. The summed E-state index contributed by atoms with van der Waals surface area (Å²) >= 11 is 0. The summed E-state index contributed by atoms with van der Waals surface area (Å²) in [5.74, 6) is 0.949. The lowest BCUT2D eigenvalue weighted by Gasteiger charge is -2.07. The number of carbonyl (C=O) groups excluding carboxylic acids is 1. The van der Waals surface area contributed by atoms with Crippen molar-refractivity contribution in [1.29, 1.82) is 0 Å². The van der Waals surface area contributed by atoms with Gasteiger partial charge in [0.15, 0.2) is 5.82 Å². The Morgan fingerprint density at radius 1 is 0.923 bits per heavy atom. The fourth-order valence-electron chi connectivity index (χ4n) is 2.62. The quantitative estimate of drug-likeness (QED) is 0.633. The SMILES string of the molecule is Cc1cccc(C(=O)Nc2ccc(NCCCc3ccccc3)nn2)c1. The lowest BCUT2D eigenvalue weighted by Crippen LogP contribution is -2.14. The highest BCUT2D eigenvalue weighted by Gasteiger charge is 2.07. The van der Waals surface area contributed by atoms with E-state index in [1.807, 2.05) is 37.3 Å². The number of hydrogen-bond acceptors (Lipinski definition) is 4. The third-order valence-corrected chi connectivity index (χ3v) is 3.98. The Kier molecular flexibility index (Phi) is 5.93. The summed E-state index contributed by atoms with van der Waals surface area (Å²) in [4.78, 5) is 12.2. The summed E-state index contributed by atoms with van der Waals surface area (Å²) in [5, 5.41) is 14.2. The van der Waals surface area contributed by atoms with Crippen LogP contribution in [0.3, 0.4) is 0 Å².